The van der Waals surface area contributed by atoms with Crippen molar-refractivity contribution in [2.75, 3.05) is 13.1 Å². The zero-order chi connectivity index (χ0) is 17.5. The summed E-state index contributed by atoms with van der Waals surface area (Å²) in [7, 11) is 0. The molecule has 0 spiro atoms. The molecule has 1 aliphatic rings. The largest absolute Gasteiger partial charge is 0.353 e. The Bertz CT molecular complexity index is 1070. The van der Waals surface area contributed by atoms with Gasteiger partial charge >= 0.3 is 0 Å². The number of nitrogens with zero attached hydrogens (tertiary/aromatic N) is 2. The average Bonchev–Trinajstić information content (AvgIpc) is 3.32. The molecule has 0 aliphatic carbocycles. The van der Waals surface area contributed by atoms with E-state index in [0.717, 1.165) is 41.9 Å². The van der Waals surface area contributed by atoms with Crippen molar-refractivity contribution >= 4 is 21.9 Å². The third-order valence-corrected chi connectivity index (χ3v) is 5.69. The molecule has 26 heavy (non-hydrogen) atoms. The highest BCUT2D eigenvalue weighted by Crippen LogP contribution is 2.35. The lowest BCUT2D eigenvalue weighted by Gasteiger charge is -2.23. The number of nitrogens with one attached hydrogen (secondary N) is 3. The molecule has 5 nitrogen and oxygen atoms in total. The number of benzene rings is 1. The van der Waals surface area contributed by atoms with Crippen molar-refractivity contribution in [3.63, 3.8) is 0 Å². The van der Waals surface area contributed by atoms with Crippen LogP contribution >= 0.6 is 0 Å². The monoisotopic (exact) mass is 345 g/mol. The lowest BCUT2D eigenvalue weighted by Crippen LogP contribution is -2.26. The molecular weight excluding hydrogens is 322 g/mol. The molecular formula is C21H23N5. The van der Waals surface area contributed by atoms with Gasteiger partial charge in [0.2, 0.25) is 0 Å². The summed E-state index contributed by atoms with van der Waals surface area (Å²) < 4.78 is 0. The molecule has 1 aliphatic heterocycles. The fraction of sp³-hybridized carbons (Fsp3) is 0.333. The zero-order valence-electron chi connectivity index (χ0n) is 15.0. The molecule has 0 unspecified atom stereocenters. The van der Waals surface area contributed by atoms with E-state index < -0.39 is 0 Å². The molecule has 4 heterocycles. The average molecular weight is 345 g/mol. The molecule has 132 valence electrons. The van der Waals surface area contributed by atoms with Gasteiger partial charge in [-0.1, -0.05) is 13.0 Å². The number of H-pyrrole nitrogens is 2. The van der Waals surface area contributed by atoms with E-state index in [-0.39, 0.29) is 0 Å². The smallest absolute Gasteiger partial charge is 0.141 e. The normalized spacial score (nSPS) is 15.9. The first kappa shape index (κ1) is 15.6. The Balaban J connectivity index is 1.68. The van der Waals surface area contributed by atoms with Gasteiger partial charge in [0.25, 0.3) is 0 Å². The maximum Gasteiger partial charge on any atom is 0.141 e. The van der Waals surface area contributed by atoms with Gasteiger partial charge in [-0.3, -0.25) is 0 Å². The van der Waals surface area contributed by atoms with E-state index in [1.54, 1.807) is 6.33 Å². The van der Waals surface area contributed by atoms with Crippen molar-refractivity contribution in [3.05, 3.63) is 47.9 Å². The second-order valence-corrected chi connectivity index (χ2v) is 7.12. The Morgan fingerprint density at radius 2 is 1.96 bits per heavy atom. The SMILES string of the molecule is CCc1c(-c2ncnc3[nH]ccc23)[nH]c2ccc(C3CCNCC3)cc12. The molecule has 0 amide bonds. The summed E-state index contributed by atoms with van der Waals surface area (Å²) >= 11 is 0. The molecule has 1 fully saturated rings. The van der Waals surface area contributed by atoms with Crippen LogP contribution in [0.1, 0.15) is 36.8 Å². The van der Waals surface area contributed by atoms with E-state index in [2.05, 4.69) is 56.4 Å². The standard InChI is InChI=1S/C21H23N5/c1-2-15-17-11-14(13-5-8-22-9-6-13)3-4-18(17)26-20(15)19-16-7-10-23-21(16)25-12-24-19/h3-4,7,10-13,22,26H,2,5-6,8-9H2,1H3,(H,23,24,25). The molecule has 1 aromatic carbocycles. The van der Waals surface area contributed by atoms with E-state index in [1.165, 1.54) is 34.9 Å². The maximum atomic E-state index is 4.59. The van der Waals surface area contributed by atoms with Crippen LogP contribution in [-0.4, -0.2) is 33.0 Å². The predicted octanol–water partition coefficient (Wildman–Crippen LogP) is 4.14. The molecule has 4 aromatic rings. The molecule has 5 heteroatoms. The first-order chi connectivity index (χ1) is 12.8. The molecule has 1 saturated heterocycles. The van der Waals surface area contributed by atoms with Crippen LogP contribution in [0.2, 0.25) is 0 Å². The minimum Gasteiger partial charge on any atom is -0.353 e. The van der Waals surface area contributed by atoms with Gasteiger partial charge in [-0.15, -0.1) is 0 Å². The summed E-state index contributed by atoms with van der Waals surface area (Å²) in [4.78, 5) is 15.7. The van der Waals surface area contributed by atoms with Crippen LogP contribution in [0.25, 0.3) is 33.3 Å². The van der Waals surface area contributed by atoms with Gasteiger partial charge in [0.05, 0.1) is 11.4 Å². The minimum absolute atomic E-state index is 0.666. The van der Waals surface area contributed by atoms with Crippen molar-refractivity contribution in [3.8, 4) is 11.4 Å². The van der Waals surface area contributed by atoms with Crippen LogP contribution in [-0.2, 0) is 6.42 Å². The Morgan fingerprint density at radius 3 is 2.81 bits per heavy atom. The van der Waals surface area contributed by atoms with Crippen molar-refractivity contribution in [1.29, 1.82) is 0 Å². The summed E-state index contributed by atoms with van der Waals surface area (Å²) in [6.07, 6.45) is 6.98. The van der Waals surface area contributed by atoms with E-state index in [4.69, 9.17) is 0 Å². The van der Waals surface area contributed by atoms with Gasteiger partial charge in [-0.05, 0) is 67.6 Å². The number of aryl methyl sites for hydroxylation is 1. The zero-order valence-corrected chi connectivity index (χ0v) is 15.0. The van der Waals surface area contributed by atoms with Crippen LogP contribution in [0.4, 0.5) is 0 Å². The highest BCUT2D eigenvalue weighted by atomic mass is 14.9. The van der Waals surface area contributed by atoms with Gasteiger partial charge in [0.15, 0.2) is 0 Å². The summed E-state index contributed by atoms with van der Waals surface area (Å²) in [5.74, 6) is 0.666. The maximum absolute atomic E-state index is 4.59. The Morgan fingerprint density at radius 1 is 1.08 bits per heavy atom. The van der Waals surface area contributed by atoms with Gasteiger partial charge in [0.1, 0.15) is 12.0 Å². The van der Waals surface area contributed by atoms with Gasteiger partial charge in [0, 0.05) is 22.5 Å². The lowest BCUT2D eigenvalue weighted by atomic mass is 9.89. The first-order valence-corrected chi connectivity index (χ1v) is 9.49. The number of aromatic amines is 2. The number of fused-ring (bicyclic) bond motifs is 2. The third kappa shape index (κ3) is 2.42. The molecule has 0 saturated carbocycles. The second-order valence-electron chi connectivity index (χ2n) is 7.12. The van der Waals surface area contributed by atoms with Crippen LogP contribution in [0.3, 0.4) is 0 Å². The number of hydrogen-bond acceptors (Lipinski definition) is 3. The highest BCUT2D eigenvalue weighted by molar-refractivity contribution is 5.97. The van der Waals surface area contributed by atoms with Crippen LogP contribution in [0.5, 0.6) is 0 Å². The van der Waals surface area contributed by atoms with E-state index in [9.17, 15) is 0 Å². The van der Waals surface area contributed by atoms with E-state index >= 15 is 0 Å². The fourth-order valence-electron chi connectivity index (χ4n) is 4.32. The lowest BCUT2D eigenvalue weighted by molar-refractivity contribution is 0.460. The summed E-state index contributed by atoms with van der Waals surface area (Å²) in [5, 5.41) is 5.86. The summed E-state index contributed by atoms with van der Waals surface area (Å²) in [6, 6.07) is 8.99. The quantitative estimate of drug-likeness (QED) is 0.523. The summed E-state index contributed by atoms with van der Waals surface area (Å²) in [6.45, 7) is 4.46. The molecule has 5 rings (SSSR count). The van der Waals surface area contributed by atoms with Gasteiger partial charge in [-0.25, -0.2) is 9.97 Å². The highest BCUT2D eigenvalue weighted by Gasteiger charge is 2.19. The number of rotatable bonds is 3. The molecule has 0 radical (unpaired) electrons. The van der Waals surface area contributed by atoms with E-state index in [1.807, 2.05) is 6.20 Å². The van der Waals surface area contributed by atoms with Crippen molar-refractivity contribution in [1.82, 2.24) is 25.3 Å². The number of piperidine rings is 1. The van der Waals surface area contributed by atoms with Gasteiger partial charge in [-0.2, -0.15) is 0 Å². The molecule has 3 aromatic heterocycles. The van der Waals surface area contributed by atoms with Gasteiger partial charge < -0.3 is 15.3 Å². The Kier molecular flexibility index (Phi) is 3.75. The first-order valence-electron chi connectivity index (χ1n) is 9.49. The van der Waals surface area contributed by atoms with Crippen LogP contribution in [0, 0.1) is 0 Å². The molecule has 3 N–H and O–H groups in total. The Labute approximate surface area is 152 Å². The fourth-order valence-corrected chi connectivity index (χ4v) is 4.32. The Hall–Kier alpha value is -2.66. The third-order valence-electron chi connectivity index (χ3n) is 5.69. The van der Waals surface area contributed by atoms with Crippen molar-refractivity contribution in [2.45, 2.75) is 32.1 Å². The number of hydrogen-bond donors (Lipinski definition) is 3. The van der Waals surface area contributed by atoms with E-state index in [0.29, 0.717) is 5.92 Å². The van der Waals surface area contributed by atoms with Crippen molar-refractivity contribution < 1.29 is 0 Å². The topological polar surface area (TPSA) is 69.4 Å². The van der Waals surface area contributed by atoms with Crippen LogP contribution in [0.15, 0.2) is 36.8 Å². The number of aromatic nitrogens is 4. The predicted molar refractivity (Wildman–Crippen MR) is 105 cm³/mol. The minimum atomic E-state index is 0.666. The molecule has 0 atom stereocenters. The molecule has 0 bridgehead atoms. The second kappa shape index (κ2) is 6.25. The summed E-state index contributed by atoms with van der Waals surface area (Å²) in [5.41, 5.74) is 6.98. The van der Waals surface area contributed by atoms with Crippen LogP contribution < -0.4 is 5.32 Å². The van der Waals surface area contributed by atoms with Crippen molar-refractivity contribution in [2.24, 2.45) is 0 Å².